The maximum atomic E-state index is 12.0. The number of benzene rings is 1. The second kappa shape index (κ2) is 7.67. The van der Waals surface area contributed by atoms with Gasteiger partial charge < -0.3 is 15.0 Å². The lowest BCUT2D eigenvalue weighted by molar-refractivity contribution is -0.117. The molecule has 1 fully saturated rings. The van der Waals surface area contributed by atoms with Gasteiger partial charge in [0.25, 0.3) is 5.91 Å². The lowest BCUT2D eigenvalue weighted by atomic mass is 10.2. The highest BCUT2D eigenvalue weighted by Gasteiger charge is 2.13. The summed E-state index contributed by atoms with van der Waals surface area (Å²) < 4.78 is 5.23. The fourth-order valence-corrected chi connectivity index (χ4v) is 2.03. The SMILES string of the molecule is N#C/C(=C/N1CCOCC1)C(=O)NCc1ccc(Cl)cc1. The van der Waals surface area contributed by atoms with Gasteiger partial charge in [-0.2, -0.15) is 5.26 Å². The lowest BCUT2D eigenvalue weighted by Gasteiger charge is -2.25. The van der Waals surface area contributed by atoms with Gasteiger partial charge in [0.2, 0.25) is 0 Å². The topological polar surface area (TPSA) is 65.4 Å². The van der Waals surface area contributed by atoms with Crippen LogP contribution in [0.1, 0.15) is 5.56 Å². The summed E-state index contributed by atoms with van der Waals surface area (Å²) >= 11 is 5.80. The van der Waals surface area contributed by atoms with Crippen LogP contribution >= 0.6 is 11.6 Å². The van der Waals surface area contributed by atoms with Gasteiger partial charge in [0.1, 0.15) is 11.6 Å². The van der Waals surface area contributed by atoms with Crippen LogP contribution in [0.3, 0.4) is 0 Å². The Kier molecular flexibility index (Phi) is 5.61. The fraction of sp³-hybridized carbons (Fsp3) is 0.333. The molecule has 1 heterocycles. The Morgan fingerprint density at radius 1 is 1.38 bits per heavy atom. The number of nitriles is 1. The van der Waals surface area contributed by atoms with Gasteiger partial charge in [-0.15, -0.1) is 0 Å². The molecule has 0 aliphatic carbocycles. The van der Waals surface area contributed by atoms with Crippen molar-refractivity contribution in [1.29, 1.82) is 5.26 Å². The Hall–Kier alpha value is -2.03. The first-order valence-corrected chi connectivity index (χ1v) is 7.03. The summed E-state index contributed by atoms with van der Waals surface area (Å²) in [7, 11) is 0. The molecule has 0 bridgehead atoms. The molecule has 6 heteroatoms. The number of rotatable bonds is 4. The highest BCUT2D eigenvalue weighted by molar-refractivity contribution is 6.30. The maximum absolute atomic E-state index is 12.0. The standard InChI is InChI=1S/C15H16ClN3O2/c16-14-3-1-12(2-4-14)10-18-15(20)13(9-17)11-19-5-7-21-8-6-19/h1-4,11H,5-8,10H2,(H,18,20)/b13-11-. The van der Waals surface area contributed by atoms with Crippen LogP contribution in [0.2, 0.25) is 5.02 Å². The molecule has 1 aromatic rings. The molecule has 0 radical (unpaired) electrons. The van der Waals surface area contributed by atoms with Crippen molar-refractivity contribution in [1.82, 2.24) is 10.2 Å². The van der Waals surface area contributed by atoms with Gasteiger partial charge in [0, 0.05) is 30.9 Å². The zero-order valence-electron chi connectivity index (χ0n) is 11.5. The predicted octanol–water partition coefficient (Wildman–Crippen LogP) is 1.70. The Morgan fingerprint density at radius 3 is 2.67 bits per heavy atom. The third kappa shape index (κ3) is 4.78. The van der Waals surface area contributed by atoms with Gasteiger partial charge in [-0.1, -0.05) is 23.7 Å². The van der Waals surface area contributed by atoms with E-state index >= 15 is 0 Å². The van der Waals surface area contributed by atoms with Crippen LogP contribution in [-0.4, -0.2) is 37.1 Å². The molecule has 1 amide bonds. The number of carbonyl (C=O) groups excluding carboxylic acids is 1. The van der Waals surface area contributed by atoms with Gasteiger partial charge in [0.15, 0.2) is 0 Å². The zero-order chi connectivity index (χ0) is 15.1. The number of hydrogen-bond acceptors (Lipinski definition) is 4. The molecular formula is C15H16ClN3O2. The van der Waals surface area contributed by atoms with Crippen molar-refractivity contribution in [2.45, 2.75) is 6.54 Å². The smallest absolute Gasteiger partial charge is 0.263 e. The van der Waals surface area contributed by atoms with E-state index in [0.29, 0.717) is 37.9 Å². The summed E-state index contributed by atoms with van der Waals surface area (Å²) in [6, 6.07) is 9.13. The van der Waals surface area contributed by atoms with Crippen molar-refractivity contribution in [3.8, 4) is 6.07 Å². The number of hydrogen-bond donors (Lipinski definition) is 1. The zero-order valence-corrected chi connectivity index (χ0v) is 12.3. The van der Waals surface area contributed by atoms with Gasteiger partial charge in [-0.05, 0) is 17.7 Å². The average Bonchev–Trinajstić information content (AvgIpc) is 2.52. The molecule has 0 unspecified atom stereocenters. The van der Waals surface area contributed by atoms with Crippen LogP contribution in [0.15, 0.2) is 36.0 Å². The quantitative estimate of drug-likeness (QED) is 0.679. The molecule has 0 aromatic heterocycles. The molecule has 1 aliphatic rings. The monoisotopic (exact) mass is 305 g/mol. The van der Waals surface area contributed by atoms with Gasteiger partial charge in [0.05, 0.1) is 13.2 Å². The largest absolute Gasteiger partial charge is 0.378 e. The van der Waals surface area contributed by atoms with E-state index in [-0.39, 0.29) is 11.5 Å². The highest BCUT2D eigenvalue weighted by Crippen LogP contribution is 2.09. The number of nitrogens with zero attached hydrogens (tertiary/aromatic N) is 2. The molecule has 2 rings (SSSR count). The number of carbonyl (C=O) groups is 1. The van der Waals surface area contributed by atoms with Crippen molar-refractivity contribution >= 4 is 17.5 Å². The number of halogens is 1. The van der Waals surface area contributed by atoms with Gasteiger partial charge in [-0.3, -0.25) is 4.79 Å². The van der Waals surface area contributed by atoms with Crippen LogP contribution in [0.5, 0.6) is 0 Å². The maximum Gasteiger partial charge on any atom is 0.263 e. The second-order valence-electron chi connectivity index (χ2n) is 4.61. The van der Waals surface area contributed by atoms with E-state index in [1.165, 1.54) is 0 Å². The first-order valence-electron chi connectivity index (χ1n) is 6.65. The van der Waals surface area contributed by atoms with Crippen LogP contribution in [0.4, 0.5) is 0 Å². The van der Waals surface area contributed by atoms with Crippen molar-refractivity contribution < 1.29 is 9.53 Å². The number of morpholine rings is 1. The van der Waals surface area contributed by atoms with E-state index in [1.807, 2.05) is 23.1 Å². The molecule has 5 nitrogen and oxygen atoms in total. The summed E-state index contributed by atoms with van der Waals surface area (Å²) in [6.45, 7) is 2.96. The minimum atomic E-state index is -0.376. The van der Waals surface area contributed by atoms with E-state index in [1.54, 1.807) is 18.3 Å². The fourth-order valence-electron chi connectivity index (χ4n) is 1.91. The third-order valence-electron chi connectivity index (χ3n) is 3.09. The summed E-state index contributed by atoms with van der Waals surface area (Å²) in [5.41, 5.74) is 1.03. The number of nitrogens with one attached hydrogen (secondary N) is 1. The lowest BCUT2D eigenvalue weighted by Crippen LogP contribution is -2.33. The minimum Gasteiger partial charge on any atom is -0.378 e. The summed E-state index contributed by atoms with van der Waals surface area (Å²) in [6.07, 6.45) is 1.60. The normalized spacial score (nSPS) is 15.4. The molecule has 1 aliphatic heterocycles. The average molecular weight is 306 g/mol. The molecule has 1 saturated heterocycles. The van der Waals surface area contributed by atoms with Crippen LogP contribution in [-0.2, 0) is 16.1 Å². The van der Waals surface area contributed by atoms with Crippen molar-refractivity contribution in [2.24, 2.45) is 0 Å². The Balaban J connectivity index is 1.92. The van der Waals surface area contributed by atoms with E-state index in [0.717, 1.165) is 5.56 Å². The molecule has 21 heavy (non-hydrogen) atoms. The van der Waals surface area contributed by atoms with Crippen LogP contribution in [0, 0.1) is 11.3 Å². The molecule has 0 saturated carbocycles. The summed E-state index contributed by atoms with van der Waals surface area (Å²) in [5, 5.41) is 12.5. The molecule has 1 aromatic carbocycles. The summed E-state index contributed by atoms with van der Waals surface area (Å²) in [4.78, 5) is 13.9. The number of amides is 1. The molecule has 0 atom stereocenters. The van der Waals surface area contributed by atoms with Crippen molar-refractivity contribution in [2.75, 3.05) is 26.3 Å². The van der Waals surface area contributed by atoms with E-state index in [9.17, 15) is 4.79 Å². The van der Waals surface area contributed by atoms with Gasteiger partial charge in [-0.25, -0.2) is 0 Å². The van der Waals surface area contributed by atoms with Crippen molar-refractivity contribution in [3.63, 3.8) is 0 Å². The molecular weight excluding hydrogens is 290 g/mol. The first kappa shape index (κ1) is 15.4. The van der Waals surface area contributed by atoms with Crippen LogP contribution in [0.25, 0.3) is 0 Å². The molecule has 0 spiro atoms. The number of ether oxygens (including phenoxy) is 1. The van der Waals surface area contributed by atoms with E-state index in [4.69, 9.17) is 21.6 Å². The predicted molar refractivity (Wildman–Crippen MR) is 79.4 cm³/mol. The van der Waals surface area contributed by atoms with Gasteiger partial charge >= 0.3 is 0 Å². The van der Waals surface area contributed by atoms with E-state index in [2.05, 4.69) is 5.32 Å². The van der Waals surface area contributed by atoms with Crippen molar-refractivity contribution in [3.05, 3.63) is 46.6 Å². The Labute approximate surface area is 128 Å². The highest BCUT2D eigenvalue weighted by atomic mass is 35.5. The van der Waals surface area contributed by atoms with E-state index < -0.39 is 0 Å². The molecule has 110 valence electrons. The third-order valence-corrected chi connectivity index (χ3v) is 3.34. The summed E-state index contributed by atoms with van der Waals surface area (Å²) in [5.74, 6) is -0.376. The van der Waals surface area contributed by atoms with Crippen LogP contribution < -0.4 is 5.32 Å². The minimum absolute atomic E-state index is 0.103. The molecule has 1 N–H and O–H groups in total. The Morgan fingerprint density at radius 2 is 2.05 bits per heavy atom. The Bertz CT molecular complexity index is 557. The second-order valence-corrected chi connectivity index (χ2v) is 5.05. The first-order chi connectivity index (χ1) is 10.2.